The molecule has 1 fully saturated rings. The number of nitrogens with zero attached hydrogens (tertiary/aromatic N) is 4. The molecule has 0 bridgehead atoms. The van der Waals surface area contributed by atoms with Gasteiger partial charge >= 0.3 is 0 Å². The Balaban J connectivity index is 1.29. The summed E-state index contributed by atoms with van der Waals surface area (Å²) in [6.45, 7) is 4.03. The van der Waals surface area contributed by atoms with E-state index in [4.69, 9.17) is 4.74 Å². The summed E-state index contributed by atoms with van der Waals surface area (Å²) in [5.74, 6) is -1.15. The number of carbonyl (C=O) groups is 1. The Kier molecular flexibility index (Phi) is 6.58. The van der Waals surface area contributed by atoms with Crippen LogP contribution in [0.2, 0.25) is 0 Å². The predicted molar refractivity (Wildman–Crippen MR) is 117 cm³/mol. The van der Waals surface area contributed by atoms with Crippen molar-refractivity contribution in [1.29, 1.82) is 0 Å². The third-order valence-corrected chi connectivity index (χ3v) is 5.51. The number of ether oxygens (including phenoxy) is 1. The molecule has 0 spiro atoms. The van der Waals surface area contributed by atoms with Gasteiger partial charge in [-0.1, -0.05) is 31.2 Å². The van der Waals surface area contributed by atoms with Crippen LogP contribution in [0, 0.1) is 11.6 Å². The molecule has 2 heterocycles. The van der Waals surface area contributed by atoms with E-state index in [1.165, 1.54) is 11.6 Å². The molecule has 1 aliphatic rings. The normalized spacial score (nSPS) is 13.8. The van der Waals surface area contributed by atoms with E-state index in [2.05, 4.69) is 34.2 Å². The van der Waals surface area contributed by atoms with Crippen LogP contribution in [0.4, 0.5) is 14.6 Å². The highest BCUT2D eigenvalue weighted by Gasteiger charge is 2.23. The second-order valence-electron chi connectivity index (χ2n) is 7.56. The second kappa shape index (κ2) is 9.72. The first-order valence-corrected chi connectivity index (χ1v) is 10.6. The summed E-state index contributed by atoms with van der Waals surface area (Å²) in [6, 6.07) is 15.2. The van der Waals surface area contributed by atoms with Gasteiger partial charge in [-0.2, -0.15) is 0 Å². The van der Waals surface area contributed by atoms with Gasteiger partial charge in [0, 0.05) is 37.8 Å². The first-order valence-electron chi connectivity index (χ1n) is 10.6. The number of aryl methyl sites for hydroxylation is 1. The van der Waals surface area contributed by atoms with E-state index in [1.54, 1.807) is 4.90 Å². The Labute approximate surface area is 185 Å². The van der Waals surface area contributed by atoms with Gasteiger partial charge in [0.2, 0.25) is 0 Å². The van der Waals surface area contributed by atoms with E-state index in [1.807, 2.05) is 24.3 Å². The number of amides is 1. The van der Waals surface area contributed by atoms with Crippen LogP contribution in [0.15, 0.2) is 54.6 Å². The quantitative estimate of drug-likeness (QED) is 0.587. The molecule has 32 heavy (non-hydrogen) atoms. The largest absolute Gasteiger partial charge is 0.481 e. The molecule has 0 N–H and O–H groups in total. The van der Waals surface area contributed by atoms with E-state index in [-0.39, 0.29) is 18.3 Å². The fraction of sp³-hybridized carbons (Fsp3) is 0.292. The number of aromatic nitrogens is 2. The number of halogens is 2. The summed E-state index contributed by atoms with van der Waals surface area (Å²) in [5, 5.41) is 8.72. The van der Waals surface area contributed by atoms with Gasteiger partial charge in [-0.3, -0.25) is 4.79 Å². The summed E-state index contributed by atoms with van der Waals surface area (Å²) in [5.41, 5.74) is 3.11. The van der Waals surface area contributed by atoms with Crippen molar-refractivity contribution in [1.82, 2.24) is 15.1 Å². The van der Waals surface area contributed by atoms with E-state index in [0.717, 1.165) is 35.6 Å². The van der Waals surface area contributed by atoms with Gasteiger partial charge in [0.25, 0.3) is 5.91 Å². The molecule has 2 aromatic carbocycles. The van der Waals surface area contributed by atoms with Crippen molar-refractivity contribution in [2.45, 2.75) is 13.3 Å². The molecule has 4 rings (SSSR count). The Hall–Kier alpha value is -3.55. The number of rotatable bonds is 6. The number of benzene rings is 2. The number of anilines is 1. The smallest absolute Gasteiger partial charge is 0.260 e. The Bertz CT molecular complexity index is 1070. The van der Waals surface area contributed by atoms with Gasteiger partial charge in [-0.15, -0.1) is 10.2 Å². The third-order valence-electron chi connectivity index (χ3n) is 5.51. The molecule has 1 saturated heterocycles. The zero-order chi connectivity index (χ0) is 22.5. The summed E-state index contributed by atoms with van der Waals surface area (Å²) in [4.78, 5) is 16.1. The van der Waals surface area contributed by atoms with Crippen molar-refractivity contribution in [3.63, 3.8) is 0 Å². The average Bonchev–Trinajstić information content (AvgIpc) is 2.83. The maximum Gasteiger partial charge on any atom is 0.260 e. The molecule has 0 unspecified atom stereocenters. The highest BCUT2D eigenvalue weighted by Crippen LogP contribution is 2.21. The monoisotopic (exact) mass is 438 g/mol. The minimum absolute atomic E-state index is 0.141. The summed E-state index contributed by atoms with van der Waals surface area (Å²) < 4.78 is 31.8. The SMILES string of the molecule is CCc1ccc(-c2ccc(N3CCN(C(=O)COc4ccc(F)cc4F)CC3)nn2)cc1. The highest BCUT2D eigenvalue weighted by atomic mass is 19.1. The van der Waals surface area contributed by atoms with Crippen LogP contribution in [-0.2, 0) is 11.2 Å². The molecule has 0 atom stereocenters. The lowest BCUT2D eigenvalue weighted by molar-refractivity contribution is -0.133. The van der Waals surface area contributed by atoms with E-state index < -0.39 is 11.6 Å². The molecular formula is C24H24F2N4O2. The van der Waals surface area contributed by atoms with Gasteiger partial charge in [-0.05, 0) is 36.2 Å². The lowest BCUT2D eigenvalue weighted by Crippen LogP contribution is -2.50. The number of hydrogen-bond donors (Lipinski definition) is 0. The van der Waals surface area contributed by atoms with Crippen LogP contribution < -0.4 is 9.64 Å². The zero-order valence-corrected chi connectivity index (χ0v) is 17.8. The maximum atomic E-state index is 13.6. The first-order chi connectivity index (χ1) is 15.5. The molecule has 8 heteroatoms. The van der Waals surface area contributed by atoms with Gasteiger partial charge in [0.15, 0.2) is 24.0 Å². The van der Waals surface area contributed by atoms with Gasteiger partial charge in [0.1, 0.15) is 5.82 Å². The van der Waals surface area contributed by atoms with Crippen LogP contribution in [-0.4, -0.2) is 53.8 Å². The second-order valence-corrected chi connectivity index (χ2v) is 7.56. The number of carbonyl (C=O) groups excluding carboxylic acids is 1. The topological polar surface area (TPSA) is 58.6 Å². The average molecular weight is 438 g/mol. The van der Waals surface area contributed by atoms with Crippen molar-refractivity contribution in [3.05, 3.63) is 71.8 Å². The summed E-state index contributed by atoms with van der Waals surface area (Å²) in [6.07, 6.45) is 0.995. The van der Waals surface area contributed by atoms with E-state index >= 15 is 0 Å². The predicted octanol–water partition coefficient (Wildman–Crippen LogP) is 3.71. The maximum absolute atomic E-state index is 13.6. The van der Waals surface area contributed by atoms with Crippen LogP contribution in [0.25, 0.3) is 11.3 Å². The molecule has 6 nitrogen and oxygen atoms in total. The zero-order valence-electron chi connectivity index (χ0n) is 17.8. The molecule has 1 aliphatic heterocycles. The Morgan fingerprint density at radius 2 is 1.72 bits per heavy atom. The van der Waals surface area contributed by atoms with Crippen molar-refractivity contribution in [3.8, 4) is 17.0 Å². The minimum Gasteiger partial charge on any atom is -0.481 e. The van der Waals surface area contributed by atoms with Crippen molar-refractivity contribution < 1.29 is 18.3 Å². The van der Waals surface area contributed by atoms with Crippen molar-refractivity contribution >= 4 is 11.7 Å². The molecule has 0 saturated carbocycles. The number of hydrogen-bond acceptors (Lipinski definition) is 5. The van der Waals surface area contributed by atoms with Gasteiger partial charge < -0.3 is 14.5 Å². The van der Waals surface area contributed by atoms with E-state index in [9.17, 15) is 13.6 Å². The fourth-order valence-corrected chi connectivity index (χ4v) is 3.57. The van der Waals surface area contributed by atoms with Crippen LogP contribution in [0.1, 0.15) is 12.5 Å². The summed E-state index contributed by atoms with van der Waals surface area (Å²) in [7, 11) is 0. The highest BCUT2D eigenvalue weighted by molar-refractivity contribution is 5.78. The van der Waals surface area contributed by atoms with E-state index in [0.29, 0.717) is 26.2 Å². The van der Waals surface area contributed by atoms with Gasteiger partial charge in [0.05, 0.1) is 5.69 Å². The number of piperazine rings is 1. The minimum atomic E-state index is -0.828. The Morgan fingerprint density at radius 3 is 2.34 bits per heavy atom. The lowest BCUT2D eigenvalue weighted by Gasteiger charge is -2.35. The van der Waals surface area contributed by atoms with Crippen molar-refractivity contribution in [2.24, 2.45) is 0 Å². The van der Waals surface area contributed by atoms with Gasteiger partial charge in [-0.25, -0.2) is 8.78 Å². The molecule has 1 amide bonds. The van der Waals surface area contributed by atoms with Crippen molar-refractivity contribution in [2.75, 3.05) is 37.7 Å². The summed E-state index contributed by atoms with van der Waals surface area (Å²) >= 11 is 0. The molecule has 3 aromatic rings. The lowest BCUT2D eigenvalue weighted by atomic mass is 10.1. The fourth-order valence-electron chi connectivity index (χ4n) is 3.57. The molecule has 1 aromatic heterocycles. The molecular weight excluding hydrogens is 414 g/mol. The Morgan fingerprint density at radius 1 is 0.969 bits per heavy atom. The molecule has 0 aliphatic carbocycles. The van der Waals surface area contributed by atoms with Crippen LogP contribution >= 0.6 is 0 Å². The molecule has 166 valence electrons. The third kappa shape index (κ3) is 5.01. The first kappa shape index (κ1) is 21.7. The van der Waals surface area contributed by atoms with Crippen LogP contribution in [0.5, 0.6) is 5.75 Å². The molecule has 0 radical (unpaired) electrons. The standard InChI is InChI=1S/C24H24F2N4O2/c1-2-17-3-5-18(6-4-17)21-8-10-23(28-27-21)29-11-13-30(14-12-29)24(31)16-32-22-9-7-19(25)15-20(22)26/h3-10,15H,2,11-14,16H2,1H3. The van der Waals surface area contributed by atoms with Crippen LogP contribution in [0.3, 0.4) is 0 Å².